The van der Waals surface area contributed by atoms with Crippen LogP contribution in [0.1, 0.15) is 25.8 Å². The standard InChI is InChI=1S/C13H18Cl2N2/c1-13(2)5-9(13)6-16-4-3-10-11(14)7-17-8-12(10)15/h7-9,16H,3-6H2,1-2H3. The minimum absolute atomic E-state index is 0.541. The second kappa shape index (κ2) is 5.13. The number of hydrogen-bond acceptors (Lipinski definition) is 2. The molecule has 0 bridgehead atoms. The van der Waals surface area contributed by atoms with Gasteiger partial charge in [-0.05, 0) is 42.8 Å². The molecule has 0 aliphatic heterocycles. The Morgan fingerprint density at radius 1 is 1.35 bits per heavy atom. The number of hydrogen-bond donors (Lipinski definition) is 1. The third-order valence-electron chi connectivity index (χ3n) is 3.61. The molecule has 4 heteroatoms. The van der Waals surface area contributed by atoms with E-state index in [1.54, 1.807) is 12.4 Å². The van der Waals surface area contributed by atoms with Crippen molar-refractivity contribution in [2.45, 2.75) is 26.7 Å². The summed E-state index contributed by atoms with van der Waals surface area (Å²) in [5.74, 6) is 0.825. The number of nitrogens with zero attached hydrogens (tertiary/aromatic N) is 1. The van der Waals surface area contributed by atoms with Gasteiger partial charge in [-0.1, -0.05) is 37.0 Å². The molecule has 0 saturated heterocycles. The van der Waals surface area contributed by atoms with E-state index in [-0.39, 0.29) is 0 Å². The van der Waals surface area contributed by atoms with E-state index in [0.717, 1.165) is 31.0 Å². The second-order valence-corrected chi connectivity index (χ2v) is 6.24. The maximum atomic E-state index is 6.05. The van der Waals surface area contributed by atoms with Crippen molar-refractivity contribution in [1.82, 2.24) is 10.3 Å². The van der Waals surface area contributed by atoms with Crippen molar-refractivity contribution in [3.8, 4) is 0 Å². The van der Waals surface area contributed by atoms with Crippen LogP contribution in [0.15, 0.2) is 12.4 Å². The summed E-state index contributed by atoms with van der Waals surface area (Å²) in [4.78, 5) is 3.95. The van der Waals surface area contributed by atoms with E-state index in [2.05, 4.69) is 24.1 Å². The maximum Gasteiger partial charge on any atom is 0.0636 e. The van der Waals surface area contributed by atoms with Gasteiger partial charge in [0.05, 0.1) is 10.0 Å². The molecule has 1 aliphatic rings. The average molecular weight is 273 g/mol. The van der Waals surface area contributed by atoms with Crippen molar-refractivity contribution in [3.05, 3.63) is 28.0 Å². The first-order valence-corrected chi connectivity index (χ1v) is 6.75. The first-order valence-electron chi connectivity index (χ1n) is 5.99. The molecule has 17 heavy (non-hydrogen) atoms. The molecule has 2 rings (SSSR count). The number of halogens is 2. The predicted octanol–water partition coefficient (Wildman–Crippen LogP) is 3.57. The Morgan fingerprint density at radius 2 is 1.94 bits per heavy atom. The van der Waals surface area contributed by atoms with E-state index in [9.17, 15) is 0 Å². The summed E-state index contributed by atoms with van der Waals surface area (Å²) in [6.07, 6.45) is 5.48. The van der Waals surface area contributed by atoms with Gasteiger partial charge in [-0.15, -0.1) is 0 Å². The summed E-state index contributed by atoms with van der Waals surface area (Å²) in [6, 6.07) is 0. The monoisotopic (exact) mass is 272 g/mol. The molecule has 1 atom stereocenters. The molecular weight excluding hydrogens is 255 g/mol. The van der Waals surface area contributed by atoms with Gasteiger partial charge in [-0.3, -0.25) is 4.98 Å². The molecule has 1 fully saturated rings. The molecule has 0 aromatic carbocycles. The van der Waals surface area contributed by atoms with Crippen molar-refractivity contribution in [2.24, 2.45) is 11.3 Å². The highest BCUT2D eigenvalue weighted by Crippen LogP contribution is 2.50. The number of pyridine rings is 1. The summed E-state index contributed by atoms with van der Waals surface area (Å²) in [6.45, 7) is 6.63. The number of rotatable bonds is 5. The molecule has 94 valence electrons. The lowest BCUT2D eigenvalue weighted by Crippen LogP contribution is -2.21. The molecule has 0 amide bonds. The van der Waals surface area contributed by atoms with Gasteiger partial charge in [0.2, 0.25) is 0 Å². The Labute approximate surface area is 113 Å². The highest BCUT2D eigenvalue weighted by atomic mass is 35.5. The van der Waals surface area contributed by atoms with E-state index in [1.807, 2.05) is 0 Å². The normalized spacial score (nSPS) is 21.5. The first kappa shape index (κ1) is 13.1. The Kier molecular flexibility index (Phi) is 3.96. The van der Waals surface area contributed by atoms with Crippen LogP contribution in [0.5, 0.6) is 0 Å². The lowest BCUT2D eigenvalue weighted by atomic mass is 10.1. The molecular formula is C13H18Cl2N2. The van der Waals surface area contributed by atoms with Crippen LogP contribution in [-0.4, -0.2) is 18.1 Å². The molecule has 0 radical (unpaired) electrons. The van der Waals surface area contributed by atoms with Gasteiger partial charge in [0, 0.05) is 12.4 Å². The molecule has 1 aromatic heterocycles. The van der Waals surface area contributed by atoms with Gasteiger partial charge in [0.15, 0.2) is 0 Å². The van der Waals surface area contributed by atoms with E-state index < -0.39 is 0 Å². The van der Waals surface area contributed by atoms with Gasteiger partial charge in [0.1, 0.15) is 0 Å². The quantitative estimate of drug-likeness (QED) is 0.830. The third kappa shape index (κ3) is 3.34. The largest absolute Gasteiger partial charge is 0.316 e. The SMILES string of the molecule is CC1(C)CC1CNCCc1c(Cl)cncc1Cl. The van der Waals surface area contributed by atoms with Crippen LogP contribution in [0.25, 0.3) is 0 Å². The van der Waals surface area contributed by atoms with E-state index in [1.165, 1.54) is 6.42 Å². The lowest BCUT2D eigenvalue weighted by molar-refractivity contribution is 0.521. The first-order chi connectivity index (χ1) is 8.00. The smallest absolute Gasteiger partial charge is 0.0636 e. The summed E-state index contributed by atoms with van der Waals surface area (Å²) < 4.78 is 0. The highest BCUT2D eigenvalue weighted by Gasteiger charge is 2.44. The molecule has 1 aliphatic carbocycles. The predicted molar refractivity (Wildman–Crippen MR) is 72.7 cm³/mol. The minimum Gasteiger partial charge on any atom is -0.316 e. The molecule has 1 aromatic rings. The van der Waals surface area contributed by atoms with Crippen LogP contribution >= 0.6 is 23.2 Å². The van der Waals surface area contributed by atoms with Crippen LogP contribution in [0.4, 0.5) is 0 Å². The van der Waals surface area contributed by atoms with Crippen LogP contribution in [0.2, 0.25) is 10.0 Å². The molecule has 1 unspecified atom stereocenters. The van der Waals surface area contributed by atoms with E-state index in [4.69, 9.17) is 23.2 Å². The maximum absolute atomic E-state index is 6.05. The fourth-order valence-corrected chi connectivity index (χ4v) is 2.64. The Hall–Kier alpha value is -0.310. The molecule has 2 nitrogen and oxygen atoms in total. The van der Waals surface area contributed by atoms with Crippen molar-refractivity contribution in [2.75, 3.05) is 13.1 Å². The van der Waals surface area contributed by atoms with Crippen LogP contribution < -0.4 is 5.32 Å². The summed E-state index contributed by atoms with van der Waals surface area (Å²) in [7, 11) is 0. The summed E-state index contributed by atoms with van der Waals surface area (Å²) in [5.41, 5.74) is 1.53. The lowest BCUT2D eigenvalue weighted by Gasteiger charge is -2.08. The van der Waals surface area contributed by atoms with Gasteiger partial charge in [-0.25, -0.2) is 0 Å². The minimum atomic E-state index is 0.541. The van der Waals surface area contributed by atoms with Crippen molar-refractivity contribution in [3.63, 3.8) is 0 Å². The Morgan fingerprint density at radius 3 is 2.47 bits per heavy atom. The van der Waals surface area contributed by atoms with Crippen LogP contribution in [0, 0.1) is 11.3 Å². The third-order valence-corrected chi connectivity index (χ3v) is 4.26. The van der Waals surface area contributed by atoms with Crippen LogP contribution in [0.3, 0.4) is 0 Å². The molecule has 1 saturated carbocycles. The summed E-state index contributed by atoms with van der Waals surface area (Å²) >= 11 is 12.1. The van der Waals surface area contributed by atoms with Crippen molar-refractivity contribution >= 4 is 23.2 Å². The Balaban J connectivity index is 1.75. The van der Waals surface area contributed by atoms with Crippen molar-refractivity contribution < 1.29 is 0 Å². The van der Waals surface area contributed by atoms with Gasteiger partial charge in [-0.2, -0.15) is 0 Å². The average Bonchev–Trinajstić information content (AvgIpc) is 2.85. The van der Waals surface area contributed by atoms with Crippen LogP contribution in [-0.2, 0) is 6.42 Å². The van der Waals surface area contributed by atoms with Gasteiger partial charge < -0.3 is 5.32 Å². The van der Waals surface area contributed by atoms with Gasteiger partial charge in [0.25, 0.3) is 0 Å². The van der Waals surface area contributed by atoms with Crippen molar-refractivity contribution in [1.29, 1.82) is 0 Å². The molecule has 1 heterocycles. The zero-order valence-electron chi connectivity index (χ0n) is 10.3. The summed E-state index contributed by atoms with van der Waals surface area (Å²) in [5, 5.41) is 4.78. The molecule has 1 N–H and O–H groups in total. The Bertz CT molecular complexity index is 384. The van der Waals surface area contributed by atoms with E-state index in [0.29, 0.717) is 15.5 Å². The second-order valence-electron chi connectivity index (χ2n) is 5.43. The topological polar surface area (TPSA) is 24.9 Å². The number of nitrogens with one attached hydrogen (secondary N) is 1. The zero-order valence-corrected chi connectivity index (χ0v) is 11.8. The molecule has 0 spiro atoms. The highest BCUT2D eigenvalue weighted by molar-refractivity contribution is 6.35. The number of aromatic nitrogens is 1. The fourth-order valence-electron chi connectivity index (χ4n) is 2.09. The zero-order chi connectivity index (χ0) is 12.5. The fraction of sp³-hybridized carbons (Fsp3) is 0.615. The van der Waals surface area contributed by atoms with E-state index >= 15 is 0 Å². The van der Waals surface area contributed by atoms with Gasteiger partial charge >= 0.3 is 0 Å².